The maximum Gasteiger partial charge on any atom is 0.387 e. The van der Waals surface area contributed by atoms with Crippen molar-refractivity contribution in [3.8, 4) is 5.75 Å². The Balaban J connectivity index is 1.94. The summed E-state index contributed by atoms with van der Waals surface area (Å²) < 4.78 is 28.3. The van der Waals surface area contributed by atoms with Crippen LogP contribution in [0.3, 0.4) is 0 Å². The first-order chi connectivity index (χ1) is 9.47. The SMILES string of the molecule is CC(N)(CCc1ccc(OC(F)F)cc1)c1nn[nH]n1. The fraction of sp³-hybridized carbons (Fsp3) is 0.417. The summed E-state index contributed by atoms with van der Waals surface area (Å²) in [6.07, 6.45) is 1.26. The zero-order valence-corrected chi connectivity index (χ0v) is 10.9. The van der Waals surface area contributed by atoms with Gasteiger partial charge in [-0.15, -0.1) is 10.2 Å². The molecule has 6 nitrogen and oxygen atoms in total. The maximum absolute atomic E-state index is 12.0. The normalized spacial score (nSPS) is 14.2. The summed E-state index contributed by atoms with van der Waals surface area (Å²) >= 11 is 0. The molecule has 0 radical (unpaired) electrons. The van der Waals surface area contributed by atoms with Gasteiger partial charge in [0, 0.05) is 0 Å². The third-order valence-electron chi connectivity index (χ3n) is 2.94. The van der Waals surface area contributed by atoms with Gasteiger partial charge < -0.3 is 10.5 Å². The van der Waals surface area contributed by atoms with Crippen LogP contribution in [0, 0.1) is 0 Å². The number of aromatic nitrogens is 4. The molecule has 0 saturated carbocycles. The Hall–Kier alpha value is -2.09. The number of nitrogens with one attached hydrogen (secondary N) is 1. The van der Waals surface area contributed by atoms with Gasteiger partial charge in [-0.2, -0.15) is 14.0 Å². The molecule has 0 fully saturated rings. The Morgan fingerprint density at radius 3 is 2.60 bits per heavy atom. The maximum atomic E-state index is 12.0. The number of hydrogen-bond donors (Lipinski definition) is 2. The van der Waals surface area contributed by atoms with Crippen LogP contribution in [-0.2, 0) is 12.0 Å². The van der Waals surface area contributed by atoms with Gasteiger partial charge in [0.05, 0.1) is 5.54 Å². The van der Waals surface area contributed by atoms with E-state index in [-0.39, 0.29) is 5.75 Å². The molecule has 1 aromatic carbocycles. The average molecular weight is 283 g/mol. The number of hydrogen-bond acceptors (Lipinski definition) is 5. The van der Waals surface area contributed by atoms with E-state index in [1.165, 1.54) is 12.1 Å². The van der Waals surface area contributed by atoms with Crippen molar-refractivity contribution in [2.24, 2.45) is 5.73 Å². The van der Waals surface area contributed by atoms with E-state index in [1.807, 2.05) is 6.92 Å². The van der Waals surface area contributed by atoms with E-state index < -0.39 is 12.2 Å². The molecule has 0 spiro atoms. The lowest BCUT2D eigenvalue weighted by Crippen LogP contribution is -2.35. The van der Waals surface area contributed by atoms with Gasteiger partial charge in [0.25, 0.3) is 0 Å². The minimum atomic E-state index is -2.81. The summed E-state index contributed by atoms with van der Waals surface area (Å²) in [5.41, 5.74) is 6.38. The van der Waals surface area contributed by atoms with E-state index in [1.54, 1.807) is 12.1 Å². The van der Waals surface area contributed by atoms with Crippen LogP contribution in [0.2, 0.25) is 0 Å². The van der Waals surface area contributed by atoms with E-state index >= 15 is 0 Å². The van der Waals surface area contributed by atoms with Crippen LogP contribution in [0.4, 0.5) is 8.78 Å². The van der Waals surface area contributed by atoms with Crippen LogP contribution in [0.5, 0.6) is 5.75 Å². The highest BCUT2D eigenvalue weighted by Gasteiger charge is 2.25. The molecule has 108 valence electrons. The first-order valence-electron chi connectivity index (χ1n) is 6.04. The number of alkyl halides is 2. The summed E-state index contributed by atoms with van der Waals surface area (Å²) in [6, 6.07) is 6.46. The van der Waals surface area contributed by atoms with Crippen molar-refractivity contribution < 1.29 is 13.5 Å². The minimum absolute atomic E-state index is 0.137. The lowest BCUT2D eigenvalue weighted by molar-refractivity contribution is -0.0498. The zero-order valence-electron chi connectivity index (χ0n) is 10.9. The number of nitrogens with zero attached hydrogens (tertiary/aromatic N) is 3. The van der Waals surface area contributed by atoms with Crippen LogP contribution < -0.4 is 10.5 Å². The molecule has 0 aliphatic heterocycles. The standard InChI is InChI=1S/C12H15F2N5O/c1-12(15,10-16-18-19-17-10)7-6-8-2-4-9(5-3-8)20-11(13)14/h2-5,11H,6-7,15H2,1H3,(H,16,17,18,19). The van der Waals surface area contributed by atoms with Gasteiger partial charge in [-0.1, -0.05) is 17.3 Å². The lowest BCUT2D eigenvalue weighted by Gasteiger charge is -2.20. The Morgan fingerprint density at radius 1 is 1.35 bits per heavy atom. The summed E-state index contributed by atoms with van der Waals surface area (Å²) in [6.45, 7) is -1.00. The highest BCUT2D eigenvalue weighted by atomic mass is 19.3. The quantitative estimate of drug-likeness (QED) is 0.840. The van der Waals surface area contributed by atoms with Crippen molar-refractivity contribution in [3.05, 3.63) is 35.7 Å². The van der Waals surface area contributed by atoms with Crippen LogP contribution >= 0.6 is 0 Å². The number of aryl methyl sites for hydroxylation is 1. The number of H-pyrrole nitrogens is 1. The Labute approximate surface area is 114 Å². The number of ether oxygens (including phenoxy) is 1. The van der Waals surface area contributed by atoms with Crippen molar-refractivity contribution in [2.75, 3.05) is 0 Å². The first-order valence-corrected chi connectivity index (χ1v) is 6.04. The zero-order chi connectivity index (χ0) is 14.6. The van der Waals surface area contributed by atoms with Gasteiger partial charge in [0.1, 0.15) is 5.75 Å². The van der Waals surface area contributed by atoms with Crippen molar-refractivity contribution in [3.63, 3.8) is 0 Å². The van der Waals surface area contributed by atoms with Gasteiger partial charge in [-0.25, -0.2) is 0 Å². The van der Waals surface area contributed by atoms with Gasteiger partial charge in [-0.05, 0) is 37.5 Å². The highest BCUT2D eigenvalue weighted by molar-refractivity contribution is 5.27. The fourth-order valence-electron chi connectivity index (χ4n) is 1.76. The number of nitrogens with two attached hydrogens (primary N) is 1. The second-order valence-electron chi connectivity index (χ2n) is 4.68. The van der Waals surface area contributed by atoms with Crippen molar-refractivity contribution in [1.82, 2.24) is 20.6 Å². The Bertz CT molecular complexity index is 527. The highest BCUT2D eigenvalue weighted by Crippen LogP contribution is 2.21. The molecule has 2 rings (SSSR count). The molecule has 0 aliphatic carbocycles. The second-order valence-corrected chi connectivity index (χ2v) is 4.68. The second kappa shape index (κ2) is 5.91. The van der Waals surface area contributed by atoms with Crippen LogP contribution in [0.1, 0.15) is 24.7 Å². The fourth-order valence-corrected chi connectivity index (χ4v) is 1.76. The molecular formula is C12H15F2N5O. The molecule has 8 heteroatoms. The molecule has 0 amide bonds. The molecule has 1 aromatic heterocycles. The molecular weight excluding hydrogens is 268 g/mol. The van der Waals surface area contributed by atoms with E-state index in [0.717, 1.165) is 5.56 Å². The largest absolute Gasteiger partial charge is 0.435 e. The van der Waals surface area contributed by atoms with Crippen molar-refractivity contribution >= 4 is 0 Å². The number of benzene rings is 1. The van der Waals surface area contributed by atoms with E-state index in [9.17, 15) is 8.78 Å². The first kappa shape index (κ1) is 14.3. The summed E-state index contributed by atoms with van der Waals surface area (Å²) in [5, 5.41) is 13.6. The molecule has 0 aliphatic rings. The summed E-state index contributed by atoms with van der Waals surface area (Å²) in [4.78, 5) is 0. The van der Waals surface area contributed by atoms with E-state index in [2.05, 4.69) is 25.4 Å². The van der Waals surface area contributed by atoms with Gasteiger partial charge in [0.15, 0.2) is 5.82 Å². The number of tetrazole rings is 1. The Morgan fingerprint density at radius 2 is 2.05 bits per heavy atom. The predicted molar refractivity (Wildman–Crippen MR) is 67.1 cm³/mol. The third-order valence-corrected chi connectivity index (χ3v) is 2.94. The summed E-state index contributed by atoms with van der Waals surface area (Å²) in [7, 11) is 0. The topological polar surface area (TPSA) is 89.7 Å². The predicted octanol–water partition coefficient (Wildman–Crippen LogP) is 1.61. The van der Waals surface area contributed by atoms with Gasteiger partial charge in [0.2, 0.25) is 0 Å². The molecule has 1 atom stereocenters. The van der Waals surface area contributed by atoms with Crippen LogP contribution in [0.15, 0.2) is 24.3 Å². The monoisotopic (exact) mass is 283 g/mol. The average Bonchev–Trinajstić information content (AvgIpc) is 2.92. The van der Waals surface area contributed by atoms with E-state index in [4.69, 9.17) is 5.73 Å². The number of aromatic amines is 1. The Kier molecular flexibility index (Phi) is 4.23. The molecule has 2 aromatic rings. The van der Waals surface area contributed by atoms with Gasteiger partial charge in [-0.3, -0.25) is 0 Å². The van der Waals surface area contributed by atoms with Crippen molar-refractivity contribution in [1.29, 1.82) is 0 Å². The van der Waals surface area contributed by atoms with E-state index in [0.29, 0.717) is 18.7 Å². The number of halogens is 2. The molecule has 0 saturated heterocycles. The smallest absolute Gasteiger partial charge is 0.387 e. The minimum Gasteiger partial charge on any atom is -0.435 e. The number of rotatable bonds is 6. The molecule has 1 unspecified atom stereocenters. The lowest BCUT2D eigenvalue weighted by atomic mass is 9.94. The van der Waals surface area contributed by atoms with Crippen molar-refractivity contribution in [2.45, 2.75) is 31.9 Å². The third kappa shape index (κ3) is 3.70. The molecule has 1 heterocycles. The van der Waals surface area contributed by atoms with Crippen LogP contribution in [0.25, 0.3) is 0 Å². The molecule has 20 heavy (non-hydrogen) atoms. The van der Waals surface area contributed by atoms with Crippen LogP contribution in [-0.4, -0.2) is 27.2 Å². The molecule has 3 N–H and O–H groups in total. The molecule has 0 bridgehead atoms. The summed E-state index contributed by atoms with van der Waals surface area (Å²) in [5.74, 6) is 0.576. The van der Waals surface area contributed by atoms with Gasteiger partial charge >= 0.3 is 6.61 Å².